The summed E-state index contributed by atoms with van der Waals surface area (Å²) in [6.45, 7) is 7.74. The van der Waals surface area contributed by atoms with Crippen LogP contribution < -0.4 is 10.5 Å². The van der Waals surface area contributed by atoms with Crippen LogP contribution in [0.4, 0.5) is 0 Å². The van der Waals surface area contributed by atoms with Crippen LogP contribution in [0.2, 0.25) is 0 Å². The van der Waals surface area contributed by atoms with E-state index in [1.807, 2.05) is 20.8 Å². The van der Waals surface area contributed by atoms with Crippen LogP contribution in [0.5, 0.6) is 0 Å². The van der Waals surface area contributed by atoms with Gasteiger partial charge in [0.15, 0.2) is 5.84 Å². The average molecular weight is 319 g/mol. The van der Waals surface area contributed by atoms with E-state index >= 15 is 0 Å². The second kappa shape index (κ2) is 6.52. The van der Waals surface area contributed by atoms with Gasteiger partial charge in [-0.3, -0.25) is 0 Å². The summed E-state index contributed by atoms with van der Waals surface area (Å²) in [4.78, 5) is 0. The maximum absolute atomic E-state index is 12.4. The van der Waals surface area contributed by atoms with E-state index in [0.717, 1.165) is 19.3 Å². The molecule has 0 aromatic carbocycles. The van der Waals surface area contributed by atoms with E-state index in [4.69, 9.17) is 10.9 Å². The molecule has 0 spiro atoms. The summed E-state index contributed by atoms with van der Waals surface area (Å²) >= 11 is 0. The van der Waals surface area contributed by atoms with Gasteiger partial charge in [-0.1, -0.05) is 39.3 Å². The van der Waals surface area contributed by atoms with Crippen molar-refractivity contribution in [2.45, 2.75) is 65.3 Å². The molecular weight excluding hydrogens is 290 g/mol. The van der Waals surface area contributed by atoms with Crippen LogP contribution >= 0.6 is 0 Å². The standard InChI is InChI=1S/C14H29N3O3S/c1-5-11-6-8-14(9-7-11,12(15)16-18)17-21(19,20)10-13(2,3)4/h11,17-18H,5-10H2,1-4H3,(H2,15,16). The maximum atomic E-state index is 12.4. The molecule has 124 valence electrons. The molecule has 1 fully saturated rings. The Morgan fingerprint density at radius 3 is 2.29 bits per heavy atom. The lowest BCUT2D eigenvalue weighted by molar-refractivity contribution is 0.252. The molecule has 1 saturated carbocycles. The van der Waals surface area contributed by atoms with Crippen LogP contribution in [0.15, 0.2) is 5.16 Å². The van der Waals surface area contributed by atoms with Crippen molar-refractivity contribution in [3.63, 3.8) is 0 Å². The van der Waals surface area contributed by atoms with Crippen molar-refractivity contribution in [1.82, 2.24) is 4.72 Å². The second-order valence-electron chi connectivity index (χ2n) is 7.34. The number of sulfonamides is 1. The number of oxime groups is 1. The number of nitrogens with zero attached hydrogens (tertiary/aromatic N) is 1. The van der Waals surface area contributed by atoms with Crippen molar-refractivity contribution in [3.05, 3.63) is 0 Å². The summed E-state index contributed by atoms with van der Waals surface area (Å²) < 4.78 is 27.5. The monoisotopic (exact) mass is 319 g/mol. The van der Waals surface area contributed by atoms with Gasteiger partial charge in [-0.2, -0.15) is 0 Å². The first-order chi connectivity index (χ1) is 9.53. The molecule has 6 nitrogen and oxygen atoms in total. The number of rotatable bonds is 5. The molecule has 0 bridgehead atoms. The Hall–Kier alpha value is -0.820. The Morgan fingerprint density at radius 1 is 1.38 bits per heavy atom. The first-order valence-corrected chi connectivity index (χ1v) is 9.18. The van der Waals surface area contributed by atoms with Crippen molar-refractivity contribution >= 4 is 15.9 Å². The molecule has 0 radical (unpaired) electrons. The predicted molar refractivity (Wildman–Crippen MR) is 84.8 cm³/mol. The van der Waals surface area contributed by atoms with Gasteiger partial charge in [0.2, 0.25) is 10.0 Å². The molecular formula is C14H29N3O3S. The fourth-order valence-electron chi connectivity index (χ4n) is 2.99. The second-order valence-corrected chi connectivity index (χ2v) is 9.06. The quantitative estimate of drug-likeness (QED) is 0.312. The molecule has 7 heteroatoms. The van der Waals surface area contributed by atoms with Gasteiger partial charge < -0.3 is 10.9 Å². The summed E-state index contributed by atoms with van der Waals surface area (Å²) in [6.07, 6.45) is 3.98. The van der Waals surface area contributed by atoms with E-state index in [2.05, 4.69) is 16.8 Å². The highest BCUT2D eigenvalue weighted by Gasteiger charge is 2.42. The zero-order valence-electron chi connectivity index (χ0n) is 13.5. The summed E-state index contributed by atoms with van der Waals surface area (Å²) in [5, 5.41) is 12.1. The van der Waals surface area contributed by atoms with E-state index in [9.17, 15) is 8.42 Å². The lowest BCUT2D eigenvalue weighted by Gasteiger charge is -2.39. The molecule has 0 aromatic rings. The van der Waals surface area contributed by atoms with Crippen LogP contribution in [0, 0.1) is 11.3 Å². The number of amidine groups is 1. The van der Waals surface area contributed by atoms with Gasteiger partial charge in [0.05, 0.1) is 11.3 Å². The molecule has 0 heterocycles. The fourth-order valence-corrected chi connectivity index (χ4v) is 5.10. The Bertz CT molecular complexity index is 472. The first kappa shape index (κ1) is 18.2. The third-order valence-electron chi connectivity index (χ3n) is 4.11. The maximum Gasteiger partial charge on any atom is 0.213 e. The fraction of sp³-hybridized carbons (Fsp3) is 0.929. The summed E-state index contributed by atoms with van der Waals surface area (Å²) in [6, 6.07) is 0. The van der Waals surface area contributed by atoms with Gasteiger partial charge >= 0.3 is 0 Å². The average Bonchev–Trinajstić information content (AvgIpc) is 2.35. The number of hydrogen-bond acceptors (Lipinski definition) is 4. The Kier molecular flexibility index (Phi) is 5.66. The molecule has 21 heavy (non-hydrogen) atoms. The molecule has 0 saturated heterocycles. The van der Waals surface area contributed by atoms with Crippen LogP contribution in [-0.4, -0.2) is 30.8 Å². The van der Waals surface area contributed by atoms with Crippen molar-refractivity contribution in [3.8, 4) is 0 Å². The largest absolute Gasteiger partial charge is 0.409 e. The van der Waals surface area contributed by atoms with E-state index in [-0.39, 0.29) is 17.0 Å². The SMILES string of the molecule is CCC1CCC(NS(=O)(=O)CC(C)(C)C)(C(N)=NO)CC1. The molecule has 4 N–H and O–H groups in total. The minimum absolute atomic E-state index is 0.0116. The number of hydrogen-bond donors (Lipinski definition) is 3. The summed E-state index contributed by atoms with van der Waals surface area (Å²) in [7, 11) is -3.50. The minimum Gasteiger partial charge on any atom is -0.409 e. The topological polar surface area (TPSA) is 105 Å². The molecule has 1 aliphatic carbocycles. The molecule has 0 aliphatic heterocycles. The summed E-state index contributed by atoms with van der Waals surface area (Å²) in [5.41, 5.74) is 4.53. The molecule has 1 rings (SSSR count). The number of nitrogens with one attached hydrogen (secondary N) is 1. The van der Waals surface area contributed by atoms with Crippen molar-refractivity contribution in [2.24, 2.45) is 22.2 Å². The van der Waals surface area contributed by atoms with Gasteiger partial charge in [0, 0.05) is 0 Å². The first-order valence-electron chi connectivity index (χ1n) is 7.53. The van der Waals surface area contributed by atoms with Crippen LogP contribution in [0.25, 0.3) is 0 Å². The smallest absolute Gasteiger partial charge is 0.213 e. The van der Waals surface area contributed by atoms with Crippen molar-refractivity contribution < 1.29 is 13.6 Å². The third-order valence-corrected chi connectivity index (χ3v) is 6.06. The third kappa shape index (κ3) is 5.14. The molecule has 0 amide bonds. The van der Waals surface area contributed by atoms with Gasteiger partial charge in [-0.25, -0.2) is 13.1 Å². The van der Waals surface area contributed by atoms with Crippen LogP contribution in [0.3, 0.4) is 0 Å². The van der Waals surface area contributed by atoms with Gasteiger partial charge in [-0.15, -0.1) is 0 Å². The van der Waals surface area contributed by atoms with E-state index in [0.29, 0.717) is 18.8 Å². The summed E-state index contributed by atoms with van der Waals surface area (Å²) in [5.74, 6) is 0.559. The van der Waals surface area contributed by atoms with E-state index < -0.39 is 15.6 Å². The highest BCUT2D eigenvalue weighted by atomic mass is 32.2. The van der Waals surface area contributed by atoms with E-state index in [1.54, 1.807) is 0 Å². The highest BCUT2D eigenvalue weighted by molar-refractivity contribution is 7.89. The lowest BCUT2D eigenvalue weighted by atomic mass is 9.75. The normalized spacial score (nSPS) is 28.6. The Morgan fingerprint density at radius 2 is 1.90 bits per heavy atom. The Balaban J connectivity index is 2.96. The van der Waals surface area contributed by atoms with E-state index in [1.165, 1.54) is 0 Å². The minimum atomic E-state index is -3.50. The van der Waals surface area contributed by atoms with Gasteiger partial charge in [0.1, 0.15) is 0 Å². The number of nitrogens with two attached hydrogens (primary N) is 1. The molecule has 0 aromatic heterocycles. The van der Waals surface area contributed by atoms with Crippen molar-refractivity contribution in [1.29, 1.82) is 0 Å². The highest BCUT2D eigenvalue weighted by Crippen LogP contribution is 2.35. The predicted octanol–water partition coefficient (Wildman–Crippen LogP) is 2.04. The van der Waals surface area contributed by atoms with Crippen LogP contribution in [-0.2, 0) is 10.0 Å². The molecule has 1 aliphatic rings. The Labute approximate surface area is 128 Å². The zero-order valence-corrected chi connectivity index (χ0v) is 14.3. The molecule has 0 atom stereocenters. The molecule has 0 unspecified atom stereocenters. The lowest BCUT2D eigenvalue weighted by Crippen LogP contribution is -2.60. The van der Waals surface area contributed by atoms with Crippen LogP contribution in [0.1, 0.15) is 59.8 Å². The van der Waals surface area contributed by atoms with Gasteiger partial charge in [0.25, 0.3) is 0 Å². The van der Waals surface area contributed by atoms with Crippen molar-refractivity contribution in [2.75, 3.05) is 5.75 Å². The van der Waals surface area contributed by atoms with Gasteiger partial charge in [-0.05, 0) is 37.0 Å². The zero-order chi connectivity index (χ0) is 16.3.